The molecular weight excluding hydrogens is 262 g/mol. The van der Waals surface area contributed by atoms with E-state index in [4.69, 9.17) is 10.6 Å². The minimum Gasteiger partial charge on any atom is -0.390 e. The van der Waals surface area contributed by atoms with Crippen LogP contribution in [0.3, 0.4) is 0 Å². The summed E-state index contributed by atoms with van der Waals surface area (Å²) in [4.78, 5) is 24.4. The molecule has 3 heterocycles. The molecule has 0 radical (unpaired) electrons. The lowest BCUT2D eigenvalue weighted by molar-refractivity contribution is -0.112. The van der Waals surface area contributed by atoms with Crippen LogP contribution in [0.15, 0.2) is 17.7 Å². The van der Waals surface area contributed by atoms with E-state index < -0.39 is 5.91 Å². The number of hydrogen-bond acceptors (Lipinski definition) is 7. The van der Waals surface area contributed by atoms with Crippen LogP contribution in [-0.2, 0) is 16.7 Å². The fourth-order valence-electron chi connectivity index (χ4n) is 2.00. The van der Waals surface area contributed by atoms with Crippen LogP contribution >= 0.6 is 0 Å². The maximum absolute atomic E-state index is 11.0. The molecule has 104 valence electrons. The van der Waals surface area contributed by atoms with Crippen LogP contribution in [0.1, 0.15) is 6.42 Å². The van der Waals surface area contributed by atoms with E-state index >= 15 is 0 Å². The number of carbonyl (C=O) groups excluding carboxylic acids is 1. The van der Waals surface area contributed by atoms with Gasteiger partial charge in [0.15, 0.2) is 11.8 Å². The lowest BCUT2D eigenvalue weighted by Gasteiger charge is -2.10. The summed E-state index contributed by atoms with van der Waals surface area (Å²) in [7, 11) is 1.81. The zero-order chi connectivity index (χ0) is 14.1. The van der Waals surface area contributed by atoms with Gasteiger partial charge in [-0.15, -0.1) is 0 Å². The monoisotopic (exact) mass is 275 g/mol. The molecule has 1 aliphatic rings. The summed E-state index contributed by atoms with van der Waals surface area (Å²) in [5, 5.41) is 11.7. The first-order chi connectivity index (χ1) is 9.65. The number of aryl methyl sites for hydroxylation is 1. The minimum atomic E-state index is -0.552. The van der Waals surface area contributed by atoms with Gasteiger partial charge in [-0.25, -0.2) is 9.97 Å². The maximum Gasteiger partial charge on any atom is 0.266 e. The largest absolute Gasteiger partial charge is 0.390 e. The molecule has 0 saturated carbocycles. The Morgan fingerprint density at radius 1 is 1.60 bits per heavy atom. The SMILES string of the molecule is Cn1ncc2c(NCC3CC(C(N)=O)=NO3)ncnc21. The van der Waals surface area contributed by atoms with E-state index in [0.29, 0.717) is 18.8 Å². The third-order valence-corrected chi connectivity index (χ3v) is 3.04. The van der Waals surface area contributed by atoms with Crippen molar-refractivity contribution in [3.05, 3.63) is 12.5 Å². The summed E-state index contributed by atoms with van der Waals surface area (Å²) < 4.78 is 1.67. The zero-order valence-electron chi connectivity index (χ0n) is 10.8. The van der Waals surface area contributed by atoms with Gasteiger partial charge in [-0.3, -0.25) is 9.48 Å². The molecule has 20 heavy (non-hydrogen) atoms. The summed E-state index contributed by atoms with van der Waals surface area (Å²) in [5.41, 5.74) is 6.14. The van der Waals surface area contributed by atoms with E-state index in [9.17, 15) is 4.79 Å². The second-order valence-corrected chi connectivity index (χ2v) is 4.44. The predicted octanol–water partition coefficient (Wildman–Crippen LogP) is -0.595. The highest BCUT2D eigenvalue weighted by molar-refractivity contribution is 6.38. The molecule has 0 aromatic carbocycles. The summed E-state index contributed by atoms with van der Waals surface area (Å²) in [6.45, 7) is 0.460. The standard InChI is InChI=1S/C11H13N7O2/c1-18-11-7(4-16-18)10(14-5-15-11)13-3-6-2-8(9(12)19)17-20-6/h4-6H,2-3H2,1H3,(H2,12,19)(H,13,14,15). The van der Waals surface area contributed by atoms with Crippen LogP contribution in [0, 0.1) is 0 Å². The molecule has 2 aromatic heterocycles. The quantitative estimate of drug-likeness (QED) is 0.769. The first kappa shape index (κ1) is 12.3. The van der Waals surface area contributed by atoms with Gasteiger partial charge >= 0.3 is 0 Å². The number of nitrogens with zero attached hydrogens (tertiary/aromatic N) is 5. The Balaban J connectivity index is 1.68. The van der Waals surface area contributed by atoms with E-state index in [1.165, 1.54) is 6.33 Å². The molecular formula is C11H13N7O2. The number of nitrogens with two attached hydrogens (primary N) is 1. The number of primary amides is 1. The average molecular weight is 275 g/mol. The number of carbonyl (C=O) groups is 1. The van der Waals surface area contributed by atoms with Crippen molar-refractivity contribution in [3.63, 3.8) is 0 Å². The molecule has 1 aliphatic heterocycles. The van der Waals surface area contributed by atoms with Crippen molar-refractivity contribution in [2.45, 2.75) is 12.5 Å². The topological polar surface area (TPSA) is 120 Å². The summed E-state index contributed by atoms with van der Waals surface area (Å²) in [5.74, 6) is 0.114. The fraction of sp³-hybridized carbons (Fsp3) is 0.364. The highest BCUT2D eigenvalue weighted by Crippen LogP contribution is 2.18. The highest BCUT2D eigenvalue weighted by Gasteiger charge is 2.24. The van der Waals surface area contributed by atoms with E-state index in [0.717, 1.165) is 11.0 Å². The molecule has 9 heteroatoms. The van der Waals surface area contributed by atoms with Gasteiger partial charge in [0.25, 0.3) is 5.91 Å². The van der Waals surface area contributed by atoms with Crippen molar-refractivity contribution in [2.75, 3.05) is 11.9 Å². The molecule has 0 fully saturated rings. The molecule has 0 aliphatic carbocycles. The first-order valence-corrected chi connectivity index (χ1v) is 6.04. The van der Waals surface area contributed by atoms with E-state index in [1.54, 1.807) is 10.9 Å². The van der Waals surface area contributed by atoms with Crippen molar-refractivity contribution < 1.29 is 9.63 Å². The number of amides is 1. The molecule has 0 bridgehead atoms. The van der Waals surface area contributed by atoms with Crippen LogP contribution in [0.5, 0.6) is 0 Å². The zero-order valence-corrected chi connectivity index (χ0v) is 10.8. The van der Waals surface area contributed by atoms with Crippen molar-refractivity contribution in [2.24, 2.45) is 17.9 Å². The molecule has 9 nitrogen and oxygen atoms in total. The molecule has 1 atom stereocenters. The van der Waals surface area contributed by atoms with Gasteiger partial charge in [0, 0.05) is 13.5 Å². The van der Waals surface area contributed by atoms with Gasteiger partial charge in [0.05, 0.1) is 18.1 Å². The van der Waals surface area contributed by atoms with E-state index in [-0.39, 0.29) is 11.8 Å². The Kier molecular flexibility index (Phi) is 2.93. The Bertz CT molecular complexity index is 693. The maximum atomic E-state index is 11.0. The van der Waals surface area contributed by atoms with Gasteiger partial charge in [-0.05, 0) is 0 Å². The van der Waals surface area contributed by atoms with Gasteiger partial charge in [0.2, 0.25) is 0 Å². The Labute approximate surface area is 113 Å². The van der Waals surface area contributed by atoms with E-state index in [1.807, 2.05) is 7.05 Å². The van der Waals surface area contributed by atoms with Crippen LogP contribution in [-0.4, -0.2) is 44.0 Å². The number of hydrogen-bond donors (Lipinski definition) is 2. The number of anilines is 1. The van der Waals surface area contributed by atoms with Gasteiger partial charge in [-0.2, -0.15) is 5.10 Å². The molecule has 3 rings (SSSR count). The Hall–Kier alpha value is -2.71. The Morgan fingerprint density at radius 3 is 3.20 bits per heavy atom. The highest BCUT2D eigenvalue weighted by atomic mass is 16.6. The summed E-state index contributed by atoms with van der Waals surface area (Å²) >= 11 is 0. The lowest BCUT2D eigenvalue weighted by atomic mass is 10.2. The van der Waals surface area contributed by atoms with Gasteiger partial charge in [-0.1, -0.05) is 5.16 Å². The molecule has 1 unspecified atom stereocenters. The van der Waals surface area contributed by atoms with Crippen molar-refractivity contribution in [1.82, 2.24) is 19.7 Å². The van der Waals surface area contributed by atoms with Crippen LogP contribution < -0.4 is 11.1 Å². The Morgan fingerprint density at radius 2 is 2.45 bits per heavy atom. The first-order valence-electron chi connectivity index (χ1n) is 6.04. The van der Waals surface area contributed by atoms with Crippen molar-refractivity contribution >= 4 is 28.5 Å². The number of rotatable bonds is 4. The van der Waals surface area contributed by atoms with Crippen LogP contribution in [0.25, 0.3) is 11.0 Å². The minimum absolute atomic E-state index is 0.237. The van der Waals surface area contributed by atoms with Crippen LogP contribution in [0.4, 0.5) is 5.82 Å². The third-order valence-electron chi connectivity index (χ3n) is 3.04. The molecule has 1 amide bonds. The fourth-order valence-corrected chi connectivity index (χ4v) is 2.00. The third kappa shape index (κ3) is 2.13. The molecule has 3 N–H and O–H groups in total. The number of oxime groups is 1. The predicted molar refractivity (Wildman–Crippen MR) is 70.9 cm³/mol. The molecule has 0 spiro atoms. The number of fused-ring (bicyclic) bond motifs is 1. The summed E-state index contributed by atoms with van der Waals surface area (Å²) in [6.07, 6.45) is 3.31. The van der Waals surface area contributed by atoms with E-state index in [2.05, 4.69) is 25.5 Å². The molecule has 2 aromatic rings. The van der Waals surface area contributed by atoms with Crippen molar-refractivity contribution in [3.8, 4) is 0 Å². The van der Waals surface area contributed by atoms with Gasteiger partial charge < -0.3 is 15.9 Å². The molecule has 0 saturated heterocycles. The lowest BCUT2D eigenvalue weighted by Crippen LogP contribution is -2.26. The second-order valence-electron chi connectivity index (χ2n) is 4.44. The van der Waals surface area contributed by atoms with Crippen molar-refractivity contribution in [1.29, 1.82) is 0 Å². The normalized spacial score (nSPS) is 17.9. The number of nitrogens with one attached hydrogen (secondary N) is 1. The smallest absolute Gasteiger partial charge is 0.266 e. The number of aromatic nitrogens is 4. The van der Waals surface area contributed by atoms with Crippen LogP contribution in [0.2, 0.25) is 0 Å². The second kappa shape index (κ2) is 4.76. The van der Waals surface area contributed by atoms with Gasteiger partial charge in [0.1, 0.15) is 17.9 Å². The summed E-state index contributed by atoms with van der Waals surface area (Å²) in [6, 6.07) is 0. The average Bonchev–Trinajstić information content (AvgIpc) is 3.04.